The number of hydrogen-bond acceptors (Lipinski definition) is 4. The van der Waals surface area contributed by atoms with Crippen molar-refractivity contribution in [1.82, 2.24) is 14.5 Å². The van der Waals surface area contributed by atoms with Gasteiger partial charge in [-0.1, -0.05) is 30.3 Å². The van der Waals surface area contributed by atoms with Gasteiger partial charge in [-0.15, -0.1) is 0 Å². The van der Waals surface area contributed by atoms with Crippen molar-refractivity contribution in [1.29, 1.82) is 0 Å². The van der Waals surface area contributed by atoms with Crippen LogP contribution in [-0.2, 0) is 28.3 Å². The highest BCUT2D eigenvalue weighted by Crippen LogP contribution is 2.16. The number of hydrogen-bond donors (Lipinski definition) is 2. The molecule has 0 aliphatic rings. The Bertz CT molecular complexity index is 800. The highest BCUT2D eigenvalue weighted by molar-refractivity contribution is 7.89. The van der Waals surface area contributed by atoms with Crippen LogP contribution in [0.1, 0.15) is 24.1 Å². The number of carboxylic acids is 1. The number of carbonyl (C=O) groups is 1. The third-order valence-corrected chi connectivity index (χ3v) is 5.23. The quantitative estimate of drug-likeness (QED) is 0.750. The van der Waals surface area contributed by atoms with E-state index in [1.165, 1.54) is 10.9 Å². The van der Waals surface area contributed by atoms with Crippen molar-refractivity contribution in [2.45, 2.75) is 37.1 Å². The molecule has 1 aromatic heterocycles. The first-order valence-electron chi connectivity index (χ1n) is 7.56. The van der Waals surface area contributed by atoms with Gasteiger partial charge in [0.1, 0.15) is 4.90 Å². The first-order valence-corrected chi connectivity index (χ1v) is 9.04. The number of rotatable bonds is 8. The van der Waals surface area contributed by atoms with Gasteiger partial charge in [-0.3, -0.25) is 9.48 Å². The average molecular weight is 351 g/mol. The second kappa shape index (κ2) is 7.59. The predicted molar refractivity (Wildman–Crippen MR) is 89.1 cm³/mol. The van der Waals surface area contributed by atoms with Crippen LogP contribution < -0.4 is 4.72 Å². The van der Waals surface area contributed by atoms with Gasteiger partial charge in [-0.2, -0.15) is 5.10 Å². The average Bonchev–Trinajstić information content (AvgIpc) is 2.85. The summed E-state index contributed by atoms with van der Waals surface area (Å²) in [5, 5.41) is 12.9. The minimum atomic E-state index is -3.76. The van der Waals surface area contributed by atoms with Crippen LogP contribution in [0.15, 0.2) is 41.4 Å². The number of aryl methyl sites for hydroxylation is 2. The lowest BCUT2D eigenvalue weighted by Gasteiger charge is -2.18. The van der Waals surface area contributed by atoms with Crippen LogP contribution in [0.3, 0.4) is 0 Å². The lowest BCUT2D eigenvalue weighted by molar-refractivity contribution is -0.137. The fourth-order valence-corrected chi connectivity index (χ4v) is 4.01. The Labute approximate surface area is 141 Å². The zero-order chi connectivity index (χ0) is 17.7. The third-order valence-electron chi connectivity index (χ3n) is 3.61. The van der Waals surface area contributed by atoms with Crippen LogP contribution in [-0.4, -0.2) is 35.3 Å². The maximum absolute atomic E-state index is 12.6. The van der Waals surface area contributed by atoms with Gasteiger partial charge in [0.05, 0.1) is 5.69 Å². The highest BCUT2D eigenvalue weighted by atomic mass is 32.2. The van der Waals surface area contributed by atoms with Crippen molar-refractivity contribution >= 4 is 16.0 Å². The van der Waals surface area contributed by atoms with E-state index in [0.717, 1.165) is 5.56 Å². The van der Waals surface area contributed by atoms with Crippen LogP contribution in [0.4, 0.5) is 0 Å². The number of nitrogens with one attached hydrogen (secondary N) is 1. The van der Waals surface area contributed by atoms with E-state index in [4.69, 9.17) is 5.11 Å². The van der Waals surface area contributed by atoms with Crippen LogP contribution in [0, 0.1) is 6.92 Å². The molecule has 0 fully saturated rings. The minimum absolute atomic E-state index is 0.105. The number of sulfonamides is 1. The summed E-state index contributed by atoms with van der Waals surface area (Å²) in [7, 11) is -2.11. The standard InChI is InChI=1S/C16H21N3O4S/c1-12-15(11-19(2)17-12)24(22,23)18-14(8-9-16(20)21)10-13-6-4-3-5-7-13/h3-7,11,14,18H,8-10H2,1-2H3,(H,20,21). The summed E-state index contributed by atoms with van der Waals surface area (Å²) in [5.41, 5.74) is 1.35. The van der Waals surface area contributed by atoms with Crippen molar-refractivity contribution in [3.8, 4) is 0 Å². The Morgan fingerprint density at radius 3 is 2.54 bits per heavy atom. The molecule has 2 rings (SSSR count). The molecule has 0 saturated carbocycles. The molecule has 8 heteroatoms. The molecule has 130 valence electrons. The Morgan fingerprint density at radius 2 is 2.00 bits per heavy atom. The van der Waals surface area contributed by atoms with Crippen molar-refractivity contribution < 1.29 is 18.3 Å². The van der Waals surface area contributed by atoms with Crippen LogP contribution in [0.25, 0.3) is 0 Å². The first kappa shape index (κ1) is 18.2. The smallest absolute Gasteiger partial charge is 0.303 e. The number of aromatic nitrogens is 2. The van der Waals surface area contributed by atoms with Gasteiger partial charge in [0.2, 0.25) is 10.0 Å². The fraction of sp³-hybridized carbons (Fsp3) is 0.375. The second-order valence-corrected chi connectivity index (χ2v) is 7.38. The molecule has 7 nitrogen and oxygen atoms in total. The molecular formula is C16H21N3O4S. The summed E-state index contributed by atoms with van der Waals surface area (Å²) >= 11 is 0. The minimum Gasteiger partial charge on any atom is -0.481 e. The molecule has 2 N–H and O–H groups in total. The van der Waals surface area contributed by atoms with Gasteiger partial charge in [0.15, 0.2) is 0 Å². The van der Waals surface area contributed by atoms with E-state index in [-0.39, 0.29) is 17.7 Å². The molecule has 0 aliphatic heterocycles. The van der Waals surface area contributed by atoms with Gasteiger partial charge in [-0.25, -0.2) is 13.1 Å². The molecule has 0 aliphatic carbocycles. The molecule has 0 radical (unpaired) electrons. The van der Waals surface area contributed by atoms with Crippen molar-refractivity contribution in [3.05, 3.63) is 47.8 Å². The Hall–Kier alpha value is -2.19. The Kier molecular flexibility index (Phi) is 5.74. The van der Waals surface area contributed by atoms with Gasteiger partial charge < -0.3 is 5.11 Å². The topological polar surface area (TPSA) is 101 Å². The number of carboxylic acid groups (broad SMARTS) is 1. The Balaban J connectivity index is 2.20. The summed E-state index contributed by atoms with van der Waals surface area (Å²) in [4.78, 5) is 11.0. The van der Waals surface area contributed by atoms with Gasteiger partial charge >= 0.3 is 5.97 Å². The SMILES string of the molecule is Cc1nn(C)cc1S(=O)(=O)NC(CCC(=O)O)Cc1ccccc1. The van der Waals surface area contributed by atoms with Crippen LogP contribution in [0.2, 0.25) is 0 Å². The van der Waals surface area contributed by atoms with E-state index in [9.17, 15) is 13.2 Å². The van der Waals surface area contributed by atoms with Crippen molar-refractivity contribution in [3.63, 3.8) is 0 Å². The third kappa shape index (κ3) is 4.90. The monoisotopic (exact) mass is 351 g/mol. The number of benzene rings is 1. The molecule has 1 unspecified atom stereocenters. The van der Waals surface area contributed by atoms with E-state index in [0.29, 0.717) is 12.1 Å². The Morgan fingerprint density at radius 1 is 1.33 bits per heavy atom. The molecule has 0 amide bonds. The fourth-order valence-electron chi connectivity index (χ4n) is 2.52. The summed E-state index contributed by atoms with van der Waals surface area (Å²) in [5.74, 6) is -0.954. The molecule has 24 heavy (non-hydrogen) atoms. The maximum Gasteiger partial charge on any atom is 0.303 e. The highest BCUT2D eigenvalue weighted by Gasteiger charge is 2.24. The molecule has 2 aromatic rings. The van der Waals surface area contributed by atoms with Gasteiger partial charge in [-0.05, 0) is 25.3 Å². The van der Waals surface area contributed by atoms with Gasteiger partial charge in [0, 0.05) is 25.7 Å². The van der Waals surface area contributed by atoms with E-state index >= 15 is 0 Å². The van der Waals surface area contributed by atoms with Crippen LogP contribution in [0.5, 0.6) is 0 Å². The maximum atomic E-state index is 12.6. The van der Waals surface area contributed by atoms with Crippen molar-refractivity contribution in [2.24, 2.45) is 7.05 Å². The second-order valence-electron chi connectivity index (χ2n) is 5.69. The molecule has 1 aromatic carbocycles. The lowest BCUT2D eigenvalue weighted by atomic mass is 10.0. The predicted octanol–water partition coefficient (Wildman–Crippen LogP) is 1.48. The first-order chi connectivity index (χ1) is 11.3. The molecular weight excluding hydrogens is 330 g/mol. The molecule has 1 heterocycles. The lowest BCUT2D eigenvalue weighted by Crippen LogP contribution is -2.37. The largest absolute Gasteiger partial charge is 0.481 e. The van der Waals surface area contributed by atoms with Crippen molar-refractivity contribution in [2.75, 3.05) is 0 Å². The normalized spacial score (nSPS) is 12.9. The van der Waals surface area contributed by atoms with E-state index in [2.05, 4.69) is 9.82 Å². The molecule has 0 spiro atoms. The van der Waals surface area contributed by atoms with Crippen LogP contribution >= 0.6 is 0 Å². The zero-order valence-electron chi connectivity index (χ0n) is 13.6. The van der Waals surface area contributed by atoms with Gasteiger partial charge in [0.25, 0.3) is 0 Å². The summed E-state index contributed by atoms with van der Waals surface area (Å²) in [6, 6.07) is 8.87. The summed E-state index contributed by atoms with van der Waals surface area (Å²) in [6.07, 6.45) is 1.97. The molecule has 0 bridgehead atoms. The number of nitrogens with zero attached hydrogens (tertiary/aromatic N) is 2. The summed E-state index contributed by atoms with van der Waals surface area (Å²) in [6.45, 7) is 1.62. The zero-order valence-corrected chi connectivity index (χ0v) is 14.5. The van der Waals surface area contributed by atoms with E-state index < -0.39 is 22.0 Å². The van der Waals surface area contributed by atoms with E-state index in [1.54, 1.807) is 14.0 Å². The summed E-state index contributed by atoms with van der Waals surface area (Å²) < 4.78 is 29.3. The molecule has 0 saturated heterocycles. The number of aliphatic carboxylic acids is 1. The molecule has 1 atom stereocenters. The van der Waals surface area contributed by atoms with E-state index in [1.807, 2.05) is 30.3 Å².